The number of hydrogen-bond acceptors (Lipinski definition) is 7. The molecule has 8 heteroatoms. The third-order valence-corrected chi connectivity index (χ3v) is 4.10. The van der Waals surface area contributed by atoms with Gasteiger partial charge in [-0.1, -0.05) is 30.3 Å². The number of carbonyl (C=O) groups is 1. The Morgan fingerprint density at radius 2 is 2.00 bits per heavy atom. The van der Waals surface area contributed by atoms with Crippen molar-refractivity contribution >= 4 is 22.7 Å². The van der Waals surface area contributed by atoms with Crippen molar-refractivity contribution < 1.29 is 19.8 Å². The smallest absolute Gasteiger partial charge is 0.346 e. The molecule has 3 rings (SSSR count). The first-order valence-electron chi connectivity index (χ1n) is 8.41. The summed E-state index contributed by atoms with van der Waals surface area (Å²) in [5.74, 6) is -0.872. The number of aliphatic hydroxyl groups is 1. The molecule has 0 fully saturated rings. The first kappa shape index (κ1) is 18.4. The zero-order valence-corrected chi connectivity index (χ0v) is 14.6. The molecule has 27 heavy (non-hydrogen) atoms. The molecule has 1 atom stereocenters. The van der Waals surface area contributed by atoms with Crippen LogP contribution in [-0.4, -0.2) is 39.2 Å². The van der Waals surface area contributed by atoms with Gasteiger partial charge >= 0.3 is 11.5 Å². The van der Waals surface area contributed by atoms with Gasteiger partial charge in [0.05, 0.1) is 24.9 Å². The molecule has 0 aliphatic heterocycles. The average Bonchev–Trinajstić information content (AvgIpc) is 2.70. The molecular weight excluding hydrogens is 350 g/mol. The highest BCUT2D eigenvalue weighted by molar-refractivity contribution is 6.04. The standard InChI is InChI=1S/C19H19N3O5/c1-2-27-19(25)15-16(21-14(11-23)12-7-4-3-5-8-12)13-9-6-10-20-17(13)22(26)18(15)24/h3-10,14,21,23,26H,2,11H2,1H3. The van der Waals surface area contributed by atoms with Gasteiger partial charge in [-0.15, -0.1) is 4.73 Å². The van der Waals surface area contributed by atoms with Crippen LogP contribution in [0.1, 0.15) is 28.9 Å². The fraction of sp³-hybridized carbons (Fsp3) is 0.211. The summed E-state index contributed by atoms with van der Waals surface area (Å²) in [4.78, 5) is 29.0. The molecule has 1 aromatic carbocycles. The summed E-state index contributed by atoms with van der Waals surface area (Å²) in [6.45, 7) is 1.40. The summed E-state index contributed by atoms with van der Waals surface area (Å²) in [6.07, 6.45) is 1.42. The van der Waals surface area contributed by atoms with Gasteiger partial charge in [0.1, 0.15) is 0 Å². The maximum absolute atomic E-state index is 12.6. The number of ether oxygens (including phenoxy) is 1. The number of hydrogen-bond donors (Lipinski definition) is 3. The zero-order chi connectivity index (χ0) is 19.4. The number of fused-ring (bicyclic) bond motifs is 1. The van der Waals surface area contributed by atoms with Crippen LogP contribution in [-0.2, 0) is 4.74 Å². The lowest BCUT2D eigenvalue weighted by atomic mass is 10.1. The Morgan fingerprint density at radius 3 is 2.67 bits per heavy atom. The van der Waals surface area contributed by atoms with Crippen LogP contribution in [0.3, 0.4) is 0 Å². The molecule has 0 bridgehead atoms. The second-order valence-electron chi connectivity index (χ2n) is 5.75. The SMILES string of the molecule is CCOC(=O)c1c(NC(CO)c2ccccc2)c2cccnc2n(O)c1=O. The van der Waals surface area contributed by atoms with Crippen LogP contribution in [0.5, 0.6) is 0 Å². The number of rotatable bonds is 6. The van der Waals surface area contributed by atoms with E-state index in [2.05, 4.69) is 10.3 Å². The Bertz CT molecular complexity index is 1020. The first-order valence-corrected chi connectivity index (χ1v) is 8.41. The number of anilines is 1. The summed E-state index contributed by atoms with van der Waals surface area (Å²) in [7, 11) is 0. The molecule has 1 unspecified atom stereocenters. The highest BCUT2D eigenvalue weighted by atomic mass is 16.5. The minimum Gasteiger partial charge on any atom is -0.462 e. The zero-order valence-electron chi connectivity index (χ0n) is 14.6. The van der Waals surface area contributed by atoms with E-state index in [0.717, 1.165) is 5.56 Å². The van der Waals surface area contributed by atoms with Crippen molar-refractivity contribution in [3.63, 3.8) is 0 Å². The Labute approximate surface area is 154 Å². The van der Waals surface area contributed by atoms with Crippen molar-refractivity contribution in [2.45, 2.75) is 13.0 Å². The lowest BCUT2D eigenvalue weighted by Crippen LogP contribution is -2.30. The van der Waals surface area contributed by atoms with Gasteiger partial charge in [-0.2, -0.15) is 0 Å². The molecule has 0 saturated heterocycles. The number of aromatic nitrogens is 2. The van der Waals surface area contributed by atoms with Crippen LogP contribution in [0.15, 0.2) is 53.5 Å². The second kappa shape index (κ2) is 7.88. The molecule has 0 spiro atoms. The molecule has 3 aromatic rings. The predicted octanol–water partition coefficient (Wildman–Crippen LogP) is 1.96. The van der Waals surface area contributed by atoms with Crippen LogP contribution in [0, 0.1) is 0 Å². The molecule has 8 nitrogen and oxygen atoms in total. The van der Waals surface area contributed by atoms with Gasteiger partial charge < -0.3 is 20.4 Å². The highest BCUT2D eigenvalue weighted by Crippen LogP contribution is 2.28. The van der Waals surface area contributed by atoms with E-state index in [9.17, 15) is 19.9 Å². The van der Waals surface area contributed by atoms with Crippen LogP contribution < -0.4 is 10.9 Å². The van der Waals surface area contributed by atoms with E-state index >= 15 is 0 Å². The van der Waals surface area contributed by atoms with Gasteiger partial charge in [0.15, 0.2) is 11.2 Å². The second-order valence-corrected chi connectivity index (χ2v) is 5.75. The minimum atomic E-state index is -0.952. The maximum Gasteiger partial charge on any atom is 0.346 e. The number of esters is 1. The summed E-state index contributed by atoms with van der Waals surface area (Å²) in [6, 6.07) is 11.7. The van der Waals surface area contributed by atoms with Crippen LogP contribution in [0.25, 0.3) is 11.0 Å². The molecule has 0 saturated carbocycles. The Morgan fingerprint density at radius 1 is 1.26 bits per heavy atom. The van der Waals surface area contributed by atoms with Crippen LogP contribution in [0.2, 0.25) is 0 Å². The maximum atomic E-state index is 12.6. The van der Waals surface area contributed by atoms with Crippen molar-refractivity contribution in [2.75, 3.05) is 18.5 Å². The minimum absolute atomic E-state index is 0.0113. The Hall–Kier alpha value is -3.39. The van der Waals surface area contributed by atoms with Gasteiger partial charge in [-0.25, -0.2) is 9.78 Å². The first-order chi connectivity index (χ1) is 13.1. The van der Waals surface area contributed by atoms with E-state index in [1.54, 1.807) is 19.1 Å². The number of nitrogens with zero attached hydrogens (tertiary/aromatic N) is 2. The monoisotopic (exact) mass is 369 g/mol. The number of pyridine rings is 2. The van der Waals surface area contributed by atoms with Crippen molar-refractivity contribution in [3.8, 4) is 0 Å². The van der Waals surface area contributed by atoms with E-state index in [4.69, 9.17) is 4.74 Å². The summed E-state index contributed by atoms with van der Waals surface area (Å²) < 4.78 is 5.31. The van der Waals surface area contributed by atoms with Crippen molar-refractivity contribution in [3.05, 3.63) is 70.1 Å². The van der Waals surface area contributed by atoms with E-state index < -0.39 is 17.6 Å². The van der Waals surface area contributed by atoms with Crippen molar-refractivity contribution in [2.24, 2.45) is 0 Å². The van der Waals surface area contributed by atoms with Crippen molar-refractivity contribution in [1.29, 1.82) is 0 Å². The Kier molecular flexibility index (Phi) is 5.37. The molecule has 0 amide bonds. The lowest BCUT2D eigenvalue weighted by Gasteiger charge is -2.21. The lowest BCUT2D eigenvalue weighted by molar-refractivity contribution is 0.0520. The summed E-state index contributed by atoms with van der Waals surface area (Å²) in [5.41, 5.74) is -0.404. The molecular formula is C19H19N3O5. The molecule has 140 valence electrons. The number of benzene rings is 1. The molecule has 3 N–H and O–H groups in total. The van der Waals surface area contributed by atoms with E-state index in [1.807, 2.05) is 30.3 Å². The van der Waals surface area contributed by atoms with Crippen LogP contribution >= 0.6 is 0 Å². The molecule has 0 radical (unpaired) electrons. The fourth-order valence-corrected chi connectivity index (χ4v) is 2.84. The molecule has 2 heterocycles. The summed E-state index contributed by atoms with van der Waals surface area (Å²) in [5, 5.41) is 23.4. The highest BCUT2D eigenvalue weighted by Gasteiger charge is 2.26. The normalized spacial score (nSPS) is 11.9. The molecule has 0 aliphatic carbocycles. The molecule has 2 aromatic heterocycles. The fourth-order valence-electron chi connectivity index (χ4n) is 2.84. The van der Waals surface area contributed by atoms with E-state index in [-0.39, 0.29) is 30.1 Å². The van der Waals surface area contributed by atoms with Crippen molar-refractivity contribution in [1.82, 2.24) is 9.71 Å². The summed E-state index contributed by atoms with van der Waals surface area (Å²) >= 11 is 0. The average molecular weight is 369 g/mol. The topological polar surface area (TPSA) is 114 Å². The number of carbonyl (C=O) groups excluding carboxylic acids is 1. The van der Waals surface area contributed by atoms with Gasteiger partial charge in [0.2, 0.25) is 0 Å². The Balaban J connectivity index is 2.23. The van der Waals surface area contributed by atoms with Gasteiger partial charge in [0, 0.05) is 11.6 Å². The van der Waals surface area contributed by atoms with E-state index in [0.29, 0.717) is 10.1 Å². The third-order valence-electron chi connectivity index (χ3n) is 4.10. The van der Waals surface area contributed by atoms with Crippen LogP contribution in [0.4, 0.5) is 5.69 Å². The quantitative estimate of drug-likeness (QED) is 0.449. The van der Waals surface area contributed by atoms with Gasteiger partial charge in [0.25, 0.3) is 0 Å². The van der Waals surface area contributed by atoms with Gasteiger partial charge in [-0.05, 0) is 24.6 Å². The number of nitrogens with one attached hydrogen (secondary N) is 1. The molecule has 0 aliphatic rings. The number of aliphatic hydroxyl groups excluding tert-OH is 1. The van der Waals surface area contributed by atoms with E-state index in [1.165, 1.54) is 6.20 Å². The predicted molar refractivity (Wildman–Crippen MR) is 99.0 cm³/mol. The third kappa shape index (κ3) is 3.47. The largest absolute Gasteiger partial charge is 0.462 e. The van der Waals surface area contributed by atoms with Gasteiger partial charge in [-0.3, -0.25) is 4.79 Å².